The molecule has 0 spiro atoms. The number of benzene rings is 1. The summed E-state index contributed by atoms with van der Waals surface area (Å²) in [5.41, 5.74) is 1.42. The molecule has 3 rings (SSSR count). The van der Waals surface area contributed by atoms with E-state index in [4.69, 9.17) is 5.26 Å². The van der Waals surface area contributed by atoms with Crippen molar-refractivity contribution < 1.29 is 9.50 Å². The number of halogens is 1. The molecule has 2 aromatic rings. The van der Waals surface area contributed by atoms with Crippen molar-refractivity contribution in [3.8, 4) is 6.07 Å². The number of nitrogens with zero attached hydrogens (tertiary/aromatic N) is 2. The summed E-state index contributed by atoms with van der Waals surface area (Å²) in [6.07, 6.45) is 5.42. The summed E-state index contributed by atoms with van der Waals surface area (Å²) < 4.78 is 15.8. The molecule has 3 nitrogen and oxygen atoms in total. The highest BCUT2D eigenvalue weighted by Gasteiger charge is 2.31. The van der Waals surface area contributed by atoms with Crippen molar-refractivity contribution in [2.45, 2.75) is 25.5 Å². The highest BCUT2D eigenvalue weighted by molar-refractivity contribution is 5.35. The normalized spacial score (nSPS) is 15.8. The van der Waals surface area contributed by atoms with E-state index in [1.807, 2.05) is 29.1 Å². The molecule has 1 aliphatic rings. The van der Waals surface area contributed by atoms with Gasteiger partial charge in [0, 0.05) is 24.5 Å². The number of nitriles is 1. The van der Waals surface area contributed by atoms with Crippen LogP contribution in [0.5, 0.6) is 0 Å². The maximum atomic E-state index is 14.0. The summed E-state index contributed by atoms with van der Waals surface area (Å²) >= 11 is 0. The van der Waals surface area contributed by atoms with E-state index >= 15 is 0 Å². The minimum Gasteiger partial charge on any atom is -0.388 e. The first-order valence-corrected chi connectivity index (χ1v) is 6.70. The summed E-state index contributed by atoms with van der Waals surface area (Å²) in [7, 11) is 0. The molecule has 1 aromatic carbocycles. The van der Waals surface area contributed by atoms with Crippen LogP contribution in [-0.4, -0.2) is 9.67 Å². The predicted molar refractivity (Wildman–Crippen MR) is 72.3 cm³/mol. The monoisotopic (exact) mass is 270 g/mol. The summed E-state index contributed by atoms with van der Waals surface area (Å²) in [5, 5.41) is 18.9. The number of rotatable bonds is 4. The fraction of sp³-hybridized carbons (Fsp3) is 0.312. The molecule has 1 aliphatic carbocycles. The number of aliphatic hydroxyl groups excluding tert-OH is 1. The number of aliphatic hydroxyl groups is 1. The molecule has 0 bridgehead atoms. The zero-order chi connectivity index (χ0) is 14.1. The molecule has 1 atom stereocenters. The Morgan fingerprint density at radius 2 is 2.20 bits per heavy atom. The van der Waals surface area contributed by atoms with E-state index in [-0.39, 0.29) is 5.56 Å². The first kappa shape index (κ1) is 12.9. The third-order valence-corrected chi connectivity index (χ3v) is 3.74. The second-order valence-electron chi connectivity index (χ2n) is 5.29. The number of hydrogen-bond acceptors (Lipinski definition) is 2. The molecular weight excluding hydrogens is 255 g/mol. The molecule has 0 radical (unpaired) electrons. The lowest BCUT2D eigenvalue weighted by molar-refractivity contribution is 0.154. The van der Waals surface area contributed by atoms with Gasteiger partial charge >= 0.3 is 0 Å². The van der Waals surface area contributed by atoms with Crippen molar-refractivity contribution in [1.82, 2.24) is 4.57 Å². The Bertz CT molecular complexity index is 667. The third-order valence-electron chi connectivity index (χ3n) is 3.74. The van der Waals surface area contributed by atoms with E-state index in [2.05, 4.69) is 0 Å². The van der Waals surface area contributed by atoms with E-state index in [0.29, 0.717) is 18.0 Å². The van der Waals surface area contributed by atoms with Gasteiger partial charge in [0.25, 0.3) is 0 Å². The molecule has 1 unspecified atom stereocenters. The molecule has 4 heteroatoms. The maximum absolute atomic E-state index is 14.0. The van der Waals surface area contributed by atoms with Gasteiger partial charge in [0.05, 0.1) is 11.7 Å². The average molecular weight is 270 g/mol. The first-order valence-electron chi connectivity index (χ1n) is 6.70. The van der Waals surface area contributed by atoms with E-state index in [0.717, 1.165) is 18.4 Å². The van der Waals surface area contributed by atoms with E-state index in [9.17, 15) is 9.50 Å². The van der Waals surface area contributed by atoms with E-state index < -0.39 is 11.9 Å². The molecule has 20 heavy (non-hydrogen) atoms. The van der Waals surface area contributed by atoms with Crippen molar-refractivity contribution in [2.75, 3.05) is 0 Å². The van der Waals surface area contributed by atoms with Gasteiger partial charge in [-0.15, -0.1) is 0 Å². The Hall–Kier alpha value is -2.12. The number of aromatic nitrogens is 1. The van der Waals surface area contributed by atoms with Gasteiger partial charge in [0.15, 0.2) is 0 Å². The van der Waals surface area contributed by atoms with Crippen LogP contribution in [0.1, 0.15) is 35.6 Å². The second kappa shape index (κ2) is 5.10. The fourth-order valence-corrected chi connectivity index (χ4v) is 2.40. The van der Waals surface area contributed by atoms with Crippen LogP contribution in [0.2, 0.25) is 0 Å². The minimum atomic E-state index is -0.465. The summed E-state index contributed by atoms with van der Waals surface area (Å²) in [4.78, 5) is 0. The van der Waals surface area contributed by atoms with Crippen molar-refractivity contribution in [3.05, 3.63) is 59.2 Å². The predicted octanol–water partition coefficient (Wildman–Crippen LogP) is 2.99. The van der Waals surface area contributed by atoms with E-state index in [1.54, 1.807) is 12.1 Å². The second-order valence-corrected chi connectivity index (χ2v) is 5.29. The standard InChI is InChI=1S/C16H15FN2O/c17-15-12(8-18)2-1-3-13(15)9-19-7-6-14(10-19)16(20)11-4-5-11/h1-3,6-7,10-11,16,20H,4-5,9H2. The fourth-order valence-electron chi connectivity index (χ4n) is 2.40. The highest BCUT2D eigenvalue weighted by Crippen LogP contribution is 2.40. The van der Waals surface area contributed by atoms with Gasteiger partial charge in [0.2, 0.25) is 0 Å². The lowest BCUT2D eigenvalue weighted by Gasteiger charge is -2.07. The lowest BCUT2D eigenvalue weighted by atomic mass is 10.1. The van der Waals surface area contributed by atoms with Gasteiger partial charge < -0.3 is 9.67 Å². The van der Waals surface area contributed by atoms with Crippen LogP contribution in [0.4, 0.5) is 4.39 Å². The third kappa shape index (κ3) is 2.45. The molecule has 0 amide bonds. The first-order chi connectivity index (χ1) is 9.69. The molecule has 1 saturated carbocycles. The lowest BCUT2D eigenvalue weighted by Crippen LogP contribution is -2.02. The van der Waals surface area contributed by atoms with Crippen molar-refractivity contribution in [1.29, 1.82) is 5.26 Å². The van der Waals surface area contributed by atoms with Gasteiger partial charge in [-0.2, -0.15) is 5.26 Å². The average Bonchev–Trinajstić information content (AvgIpc) is 3.20. The smallest absolute Gasteiger partial charge is 0.145 e. The van der Waals surface area contributed by atoms with Crippen LogP contribution < -0.4 is 0 Å². The van der Waals surface area contributed by atoms with Crippen LogP contribution >= 0.6 is 0 Å². The molecule has 1 aromatic heterocycles. The van der Waals surface area contributed by atoms with Gasteiger partial charge in [-0.05, 0) is 36.5 Å². The molecule has 1 fully saturated rings. The Kier molecular flexibility index (Phi) is 3.29. The highest BCUT2D eigenvalue weighted by atomic mass is 19.1. The Balaban J connectivity index is 1.80. The molecule has 0 aliphatic heterocycles. The molecule has 1 N–H and O–H groups in total. The molecule has 1 heterocycles. The van der Waals surface area contributed by atoms with Crippen molar-refractivity contribution in [2.24, 2.45) is 5.92 Å². The van der Waals surface area contributed by atoms with Crippen molar-refractivity contribution >= 4 is 0 Å². The largest absolute Gasteiger partial charge is 0.388 e. The summed E-state index contributed by atoms with van der Waals surface area (Å²) in [5.74, 6) is -0.0857. The van der Waals surface area contributed by atoms with Gasteiger partial charge in [-0.3, -0.25) is 0 Å². The van der Waals surface area contributed by atoms with Crippen LogP contribution in [0.15, 0.2) is 36.7 Å². The zero-order valence-corrected chi connectivity index (χ0v) is 11.0. The van der Waals surface area contributed by atoms with Crippen LogP contribution in [0, 0.1) is 23.1 Å². The van der Waals surface area contributed by atoms with Gasteiger partial charge in [-0.1, -0.05) is 12.1 Å². The van der Waals surface area contributed by atoms with Crippen LogP contribution in [0.25, 0.3) is 0 Å². The van der Waals surface area contributed by atoms with E-state index in [1.165, 1.54) is 6.07 Å². The Labute approximate surface area is 116 Å². The molecular formula is C16H15FN2O. The summed E-state index contributed by atoms with van der Waals surface area (Å²) in [6.45, 7) is 0.360. The SMILES string of the molecule is N#Cc1cccc(Cn2ccc(C(O)C3CC3)c2)c1F. The Morgan fingerprint density at radius 3 is 2.90 bits per heavy atom. The maximum Gasteiger partial charge on any atom is 0.145 e. The van der Waals surface area contributed by atoms with Crippen LogP contribution in [0.3, 0.4) is 0 Å². The number of hydrogen-bond donors (Lipinski definition) is 1. The molecule has 102 valence electrons. The van der Waals surface area contributed by atoms with Gasteiger partial charge in [-0.25, -0.2) is 4.39 Å². The van der Waals surface area contributed by atoms with Gasteiger partial charge in [0.1, 0.15) is 11.9 Å². The Morgan fingerprint density at radius 1 is 1.40 bits per heavy atom. The summed E-state index contributed by atoms with van der Waals surface area (Å²) in [6, 6.07) is 8.54. The van der Waals surface area contributed by atoms with Crippen molar-refractivity contribution in [3.63, 3.8) is 0 Å². The minimum absolute atomic E-state index is 0.0629. The quantitative estimate of drug-likeness (QED) is 0.928. The van der Waals surface area contributed by atoms with Crippen LogP contribution in [-0.2, 0) is 6.54 Å². The zero-order valence-electron chi connectivity index (χ0n) is 11.0. The topological polar surface area (TPSA) is 49.0 Å². The molecule has 0 saturated heterocycles.